The lowest BCUT2D eigenvalue weighted by molar-refractivity contribution is -0.113. The topological polar surface area (TPSA) is 149 Å². The standard InChI is InChI=1S/C17H20N4O6S3/c18-29(23,24)14-3-1-13(2-4-14)20-16(22)12-28-17-6-5-15(11-19-17)30(25,26)21-7-9-27-10-8-21/h1-6,11H,7-10,12H2,(H,20,22)(H2,18,23,24). The van der Waals surface area contributed by atoms with Gasteiger partial charge in [0.15, 0.2) is 0 Å². The van der Waals surface area contributed by atoms with E-state index in [2.05, 4.69) is 10.3 Å². The van der Waals surface area contributed by atoms with Crippen LogP contribution >= 0.6 is 11.8 Å². The van der Waals surface area contributed by atoms with Gasteiger partial charge in [-0.05, 0) is 36.4 Å². The molecule has 1 aliphatic rings. The van der Waals surface area contributed by atoms with Crippen LogP contribution in [0.5, 0.6) is 0 Å². The smallest absolute Gasteiger partial charge is 0.244 e. The van der Waals surface area contributed by atoms with Crippen molar-refractivity contribution >= 4 is 43.4 Å². The second-order valence-electron chi connectivity index (χ2n) is 6.25. The summed E-state index contributed by atoms with van der Waals surface area (Å²) in [4.78, 5) is 16.2. The summed E-state index contributed by atoms with van der Waals surface area (Å²) in [7, 11) is -7.41. The van der Waals surface area contributed by atoms with Gasteiger partial charge < -0.3 is 10.1 Å². The average molecular weight is 473 g/mol. The number of hydrogen-bond donors (Lipinski definition) is 2. The van der Waals surface area contributed by atoms with E-state index in [1.807, 2.05) is 0 Å². The molecule has 1 aromatic heterocycles. The first-order valence-corrected chi connectivity index (χ1v) is 12.7. The van der Waals surface area contributed by atoms with Crippen molar-refractivity contribution in [2.24, 2.45) is 5.14 Å². The van der Waals surface area contributed by atoms with E-state index in [1.54, 1.807) is 6.07 Å². The third-order valence-corrected chi connectivity index (χ3v) is 7.89. The van der Waals surface area contributed by atoms with Gasteiger partial charge in [0.05, 0.1) is 28.9 Å². The highest BCUT2D eigenvalue weighted by Gasteiger charge is 2.26. The number of sulfonamides is 2. The van der Waals surface area contributed by atoms with Crippen LogP contribution in [0.15, 0.2) is 57.4 Å². The minimum atomic E-state index is -3.79. The summed E-state index contributed by atoms with van der Waals surface area (Å²) in [5.74, 6) is -0.283. The molecular weight excluding hydrogens is 452 g/mol. The molecular formula is C17H20N4O6S3. The Hall–Kier alpha value is -2.03. The number of ether oxygens (including phenoxy) is 1. The number of hydrogen-bond acceptors (Lipinski definition) is 8. The van der Waals surface area contributed by atoms with E-state index in [0.29, 0.717) is 37.0 Å². The first-order valence-electron chi connectivity index (χ1n) is 8.76. The summed E-state index contributed by atoms with van der Waals surface area (Å²) in [6.07, 6.45) is 1.27. The number of anilines is 1. The Morgan fingerprint density at radius 3 is 2.27 bits per heavy atom. The van der Waals surface area contributed by atoms with Crippen LogP contribution in [0.2, 0.25) is 0 Å². The zero-order valence-electron chi connectivity index (χ0n) is 15.7. The van der Waals surface area contributed by atoms with Crippen LogP contribution in [-0.4, -0.2) is 64.1 Å². The molecule has 1 aromatic carbocycles. The van der Waals surface area contributed by atoms with E-state index in [4.69, 9.17) is 9.88 Å². The van der Waals surface area contributed by atoms with Crippen LogP contribution in [0, 0.1) is 0 Å². The summed E-state index contributed by atoms with van der Waals surface area (Å²) in [5, 5.41) is 8.16. The number of benzene rings is 1. The number of thioether (sulfide) groups is 1. The highest BCUT2D eigenvalue weighted by Crippen LogP contribution is 2.21. The number of primary sulfonamides is 1. The highest BCUT2D eigenvalue weighted by molar-refractivity contribution is 7.99. The van der Waals surface area contributed by atoms with Crippen LogP contribution in [0.4, 0.5) is 5.69 Å². The molecule has 3 N–H and O–H groups in total. The Bertz CT molecular complexity index is 1100. The van der Waals surface area contributed by atoms with Gasteiger partial charge in [-0.1, -0.05) is 11.8 Å². The van der Waals surface area contributed by atoms with E-state index in [0.717, 1.165) is 11.8 Å². The van der Waals surface area contributed by atoms with Crippen molar-refractivity contribution in [3.05, 3.63) is 42.6 Å². The number of nitrogens with zero attached hydrogens (tertiary/aromatic N) is 2. The van der Waals surface area contributed by atoms with Crippen molar-refractivity contribution in [2.45, 2.75) is 14.8 Å². The molecule has 1 fully saturated rings. The number of carbonyl (C=O) groups is 1. The van der Waals surface area contributed by atoms with Gasteiger partial charge >= 0.3 is 0 Å². The number of nitrogens with two attached hydrogens (primary N) is 1. The van der Waals surface area contributed by atoms with Gasteiger partial charge in [-0.3, -0.25) is 4.79 Å². The van der Waals surface area contributed by atoms with E-state index >= 15 is 0 Å². The molecule has 3 rings (SSSR count). The second-order valence-corrected chi connectivity index (χ2v) is 10.7. The monoisotopic (exact) mass is 472 g/mol. The number of carbonyl (C=O) groups excluding carboxylic acids is 1. The quantitative estimate of drug-likeness (QED) is 0.553. The van der Waals surface area contributed by atoms with E-state index in [1.165, 1.54) is 40.8 Å². The molecule has 2 heterocycles. The number of aromatic nitrogens is 1. The second kappa shape index (κ2) is 9.41. The molecule has 0 radical (unpaired) electrons. The normalized spacial score (nSPS) is 15.6. The highest BCUT2D eigenvalue weighted by atomic mass is 32.2. The van der Waals surface area contributed by atoms with Crippen molar-refractivity contribution in [2.75, 3.05) is 37.4 Å². The Kier molecular flexibility index (Phi) is 7.10. The summed E-state index contributed by atoms with van der Waals surface area (Å²) >= 11 is 1.14. The van der Waals surface area contributed by atoms with Crippen LogP contribution in [0.3, 0.4) is 0 Å². The lowest BCUT2D eigenvalue weighted by Crippen LogP contribution is -2.40. The van der Waals surface area contributed by atoms with E-state index in [9.17, 15) is 21.6 Å². The van der Waals surface area contributed by atoms with Crippen molar-refractivity contribution < 1.29 is 26.4 Å². The van der Waals surface area contributed by atoms with Crippen molar-refractivity contribution in [3.63, 3.8) is 0 Å². The molecule has 10 nitrogen and oxygen atoms in total. The first-order chi connectivity index (χ1) is 14.2. The fourth-order valence-corrected chi connectivity index (χ4v) is 5.12. The third-order valence-electron chi connectivity index (χ3n) is 4.13. The fourth-order valence-electron chi connectivity index (χ4n) is 2.61. The molecule has 0 spiro atoms. The number of nitrogens with one attached hydrogen (secondary N) is 1. The molecule has 13 heteroatoms. The van der Waals surface area contributed by atoms with Crippen LogP contribution in [0.1, 0.15) is 0 Å². The van der Waals surface area contributed by atoms with Crippen LogP contribution in [0.25, 0.3) is 0 Å². The Labute approximate surface area is 178 Å². The van der Waals surface area contributed by atoms with Crippen molar-refractivity contribution in [1.82, 2.24) is 9.29 Å². The average Bonchev–Trinajstić information content (AvgIpc) is 2.73. The SMILES string of the molecule is NS(=O)(=O)c1ccc(NC(=O)CSc2ccc(S(=O)(=O)N3CCOCC3)cn2)cc1. The zero-order chi connectivity index (χ0) is 21.8. The van der Waals surface area contributed by atoms with Gasteiger partial charge in [0.25, 0.3) is 0 Å². The molecule has 0 saturated carbocycles. The minimum Gasteiger partial charge on any atom is -0.379 e. The molecule has 162 valence electrons. The maximum atomic E-state index is 12.6. The molecule has 1 saturated heterocycles. The maximum absolute atomic E-state index is 12.6. The summed E-state index contributed by atoms with van der Waals surface area (Å²) in [5.41, 5.74) is 0.424. The summed E-state index contributed by atoms with van der Waals surface area (Å²) in [6, 6.07) is 8.48. The van der Waals surface area contributed by atoms with Gasteiger partial charge in [-0.25, -0.2) is 27.0 Å². The van der Waals surface area contributed by atoms with Crippen molar-refractivity contribution in [1.29, 1.82) is 0 Å². The molecule has 0 atom stereocenters. The largest absolute Gasteiger partial charge is 0.379 e. The lowest BCUT2D eigenvalue weighted by Gasteiger charge is -2.25. The number of amides is 1. The van der Waals surface area contributed by atoms with Crippen LogP contribution in [-0.2, 0) is 29.6 Å². The molecule has 2 aromatic rings. The van der Waals surface area contributed by atoms with Gasteiger partial charge in [0.1, 0.15) is 4.90 Å². The summed E-state index contributed by atoms with van der Waals surface area (Å²) in [6.45, 7) is 1.33. The Morgan fingerprint density at radius 1 is 1.07 bits per heavy atom. The summed E-state index contributed by atoms with van der Waals surface area (Å²) < 4.78 is 54.1. The molecule has 1 amide bonds. The molecule has 0 aliphatic carbocycles. The van der Waals surface area contributed by atoms with Crippen molar-refractivity contribution in [3.8, 4) is 0 Å². The molecule has 0 unspecified atom stereocenters. The van der Waals surface area contributed by atoms with Gasteiger partial charge in [-0.15, -0.1) is 0 Å². The predicted octanol–water partition coefficient (Wildman–Crippen LogP) is 0.481. The lowest BCUT2D eigenvalue weighted by atomic mass is 10.3. The first kappa shape index (κ1) is 22.7. The maximum Gasteiger partial charge on any atom is 0.244 e. The van der Waals surface area contributed by atoms with Gasteiger partial charge in [-0.2, -0.15) is 4.31 Å². The van der Waals surface area contributed by atoms with Crippen LogP contribution < -0.4 is 10.5 Å². The number of rotatable bonds is 7. The predicted molar refractivity (Wildman–Crippen MR) is 111 cm³/mol. The fraction of sp³-hybridized carbons (Fsp3) is 0.294. The number of pyridine rings is 1. The molecule has 0 bridgehead atoms. The molecule has 1 aliphatic heterocycles. The van der Waals surface area contributed by atoms with E-state index in [-0.39, 0.29) is 21.5 Å². The van der Waals surface area contributed by atoms with Gasteiger partial charge in [0, 0.05) is 25.0 Å². The third kappa shape index (κ3) is 5.77. The Balaban J connectivity index is 1.55. The molecule has 30 heavy (non-hydrogen) atoms. The van der Waals surface area contributed by atoms with E-state index < -0.39 is 20.0 Å². The zero-order valence-corrected chi connectivity index (χ0v) is 18.2. The number of morpholine rings is 1. The Morgan fingerprint density at radius 2 is 1.70 bits per heavy atom. The minimum absolute atomic E-state index is 0.0412. The van der Waals surface area contributed by atoms with Gasteiger partial charge in [0.2, 0.25) is 26.0 Å².